The molecule has 2 aromatic heterocycles. The fourth-order valence-electron chi connectivity index (χ4n) is 1.23. The van der Waals surface area contributed by atoms with Gasteiger partial charge in [-0.25, -0.2) is 4.57 Å². The number of aromatic nitrogens is 3. The van der Waals surface area contributed by atoms with E-state index < -0.39 is 0 Å². The van der Waals surface area contributed by atoms with Gasteiger partial charge >= 0.3 is 0 Å². The Balaban J connectivity index is 2.79. The highest BCUT2D eigenvalue weighted by molar-refractivity contribution is 5.69. The molecular weight excluding hydrogens is 138 g/mol. The van der Waals surface area contributed by atoms with Gasteiger partial charge in [-0.3, -0.25) is 0 Å². The number of aryl methyl sites for hydroxylation is 1. The number of rotatable bonds is 1. The van der Waals surface area contributed by atoms with Crippen molar-refractivity contribution in [3.8, 4) is 0 Å². The third kappa shape index (κ3) is 0.888. The minimum Gasteiger partial charge on any atom is -0.355 e. The van der Waals surface area contributed by atoms with Crippen molar-refractivity contribution in [2.24, 2.45) is 0 Å². The smallest absolute Gasteiger partial charge is 0.286 e. The van der Waals surface area contributed by atoms with Crippen molar-refractivity contribution < 1.29 is 4.57 Å². The largest absolute Gasteiger partial charge is 0.355 e. The lowest BCUT2D eigenvalue weighted by Gasteiger charge is -1.92. The zero-order chi connectivity index (χ0) is 7.68. The van der Waals surface area contributed by atoms with Crippen LogP contribution >= 0.6 is 0 Å². The molecule has 0 aliphatic carbocycles. The molecule has 0 spiro atoms. The summed E-state index contributed by atoms with van der Waals surface area (Å²) in [5.74, 6) is 0. The van der Waals surface area contributed by atoms with Crippen LogP contribution in [0.2, 0.25) is 0 Å². The number of H-pyrrole nitrogens is 1. The van der Waals surface area contributed by atoms with Gasteiger partial charge in [0.05, 0.1) is 6.54 Å². The molecule has 0 amide bonds. The van der Waals surface area contributed by atoms with Crippen LogP contribution in [0.1, 0.15) is 6.92 Å². The first-order valence-corrected chi connectivity index (χ1v) is 3.72. The van der Waals surface area contributed by atoms with E-state index in [1.807, 2.05) is 18.7 Å². The third-order valence-electron chi connectivity index (χ3n) is 1.82. The van der Waals surface area contributed by atoms with Gasteiger partial charge in [0.2, 0.25) is 0 Å². The van der Waals surface area contributed by atoms with Crippen molar-refractivity contribution >= 4 is 11.0 Å². The van der Waals surface area contributed by atoms with Crippen LogP contribution in [0.5, 0.6) is 0 Å². The summed E-state index contributed by atoms with van der Waals surface area (Å²) in [7, 11) is 0. The first kappa shape index (κ1) is 6.34. The summed E-state index contributed by atoms with van der Waals surface area (Å²) < 4.78 is 2.10. The molecule has 0 aliphatic rings. The highest BCUT2D eigenvalue weighted by Gasteiger charge is 2.03. The lowest BCUT2D eigenvalue weighted by molar-refractivity contribution is -0.670. The van der Waals surface area contributed by atoms with Crippen LogP contribution in [0.3, 0.4) is 0 Å². The predicted octanol–water partition coefficient (Wildman–Crippen LogP) is 0.870. The van der Waals surface area contributed by atoms with Crippen molar-refractivity contribution in [2.45, 2.75) is 13.5 Å². The zero-order valence-corrected chi connectivity index (χ0v) is 6.41. The first-order valence-electron chi connectivity index (χ1n) is 3.72. The Bertz CT molecular complexity index is 364. The van der Waals surface area contributed by atoms with E-state index in [9.17, 15) is 0 Å². The van der Waals surface area contributed by atoms with E-state index in [1.165, 1.54) is 5.52 Å². The number of hydrogen-bond donors (Lipinski definition) is 1. The maximum absolute atomic E-state index is 4.09. The molecule has 0 radical (unpaired) electrons. The van der Waals surface area contributed by atoms with E-state index in [4.69, 9.17) is 0 Å². The lowest BCUT2D eigenvalue weighted by Crippen LogP contribution is -2.32. The second kappa shape index (κ2) is 2.34. The quantitative estimate of drug-likeness (QED) is 0.598. The minimum atomic E-state index is 0.961. The second-order valence-electron chi connectivity index (χ2n) is 2.46. The molecule has 0 fully saturated rings. The summed E-state index contributed by atoms with van der Waals surface area (Å²) in [6.45, 7) is 3.07. The molecule has 0 atom stereocenters. The molecule has 0 bridgehead atoms. The fourth-order valence-corrected chi connectivity index (χ4v) is 1.23. The molecule has 11 heavy (non-hydrogen) atoms. The maximum atomic E-state index is 4.09. The van der Waals surface area contributed by atoms with Crippen LogP contribution in [0.15, 0.2) is 24.8 Å². The van der Waals surface area contributed by atoms with E-state index in [1.54, 1.807) is 0 Å². The highest BCUT2D eigenvalue weighted by atomic mass is 15.0. The molecule has 2 aromatic rings. The van der Waals surface area contributed by atoms with Gasteiger partial charge in [-0.2, -0.15) is 0 Å². The van der Waals surface area contributed by atoms with Gasteiger partial charge < -0.3 is 4.98 Å². The van der Waals surface area contributed by atoms with Crippen LogP contribution in [0.4, 0.5) is 0 Å². The Morgan fingerprint density at radius 1 is 1.64 bits per heavy atom. The molecule has 56 valence electrons. The third-order valence-corrected chi connectivity index (χ3v) is 1.82. The SMILES string of the molecule is CC[n+]1cncc2[nH]ccc21. The van der Waals surface area contributed by atoms with E-state index in [-0.39, 0.29) is 0 Å². The van der Waals surface area contributed by atoms with Crippen LogP contribution in [0, 0.1) is 0 Å². The minimum absolute atomic E-state index is 0.961. The highest BCUT2D eigenvalue weighted by Crippen LogP contribution is 2.02. The molecule has 2 rings (SSSR count). The number of nitrogens with one attached hydrogen (secondary N) is 1. The van der Waals surface area contributed by atoms with Crippen molar-refractivity contribution in [1.29, 1.82) is 0 Å². The Kier molecular flexibility index (Phi) is 1.35. The van der Waals surface area contributed by atoms with E-state index in [0.717, 1.165) is 12.1 Å². The molecule has 3 heteroatoms. The summed E-state index contributed by atoms with van der Waals surface area (Å²) in [5.41, 5.74) is 2.30. The molecule has 3 nitrogen and oxygen atoms in total. The van der Waals surface area contributed by atoms with Gasteiger partial charge in [0.1, 0.15) is 5.52 Å². The summed E-state index contributed by atoms with van der Waals surface area (Å²) >= 11 is 0. The number of aromatic amines is 1. The average Bonchev–Trinajstić information content (AvgIpc) is 2.50. The van der Waals surface area contributed by atoms with Gasteiger partial charge in [0, 0.05) is 12.3 Å². The second-order valence-corrected chi connectivity index (χ2v) is 2.46. The molecule has 0 unspecified atom stereocenters. The number of fused-ring (bicyclic) bond motifs is 1. The summed E-state index contributed by atoms with van der Waals surface area (Å²) in [5, 5.41) is 0. The molecule has 0 aliphatic heterocycles. The zero-order valence-electron chi connectivity index (χ0n) is 6.41. The summed E-state index contributed by atoms with van der Waals surface area (Å²) in [4.78, 5) is 7.20. The average molecular weight is 148 g/mol. The van der Waals surface area contributed by atoms with Gasteiger partial charge in [0.25, 0.3) is 6.33 Å². The Labute approximate surface area is 64.7 Å². The Morgan fingerprint density at radius 2 is 2.55 bits per heavy atom. The normalized spacial score (nSPS) is 10.6. The van der Waals surface area contributed by atoms with Crippen LogP contribution in [-0.2, 0) is 6.54 Å². The predicted molar refractivity (Wildman–Crippen MR) is 42.0 cm³/mol. The van der Waals surface area contributed by atoms with Gasteiger partial charge in [-0.15, -0.1) is 0 Å². The summed E-state index contributed by atoms with van der Waals surface area (Å²) in [6.07, 6.45) is 5.61. The fraction of sp³-hybridized carbons (Fsp3) is 0.250. The van der Waals surface area contributed by atoms with E-state index in [0.29, 0.717) is 0 Å². The molecule has 1 N–H and O–H groups in total. The van der Waals surface area contributed by atoms with E-state index >= 15 is 0 Å². The molecular formula is C8H10N3+. The topological polar surface area (TPSA) is 32.6 Å². The first-order chi connectivity index (χ1) is 5.42. The van der Waals surface area contributed by atoms with Gasteiger partial charge in [0.15, 0.2) is 11.7 Å². The standard InChI is InChI=1S/C8H9N3/c1-2-11-6-9-5-7-8(11)3-4-10-7/h3-6H,2H2,1H3/p+1. The van der Waals surface area contributed by atoms with Gasteiger partial charge in [-0.1, -0.05) is 4.98 Å². The molecule has 0 aromatic carbocycles. The van der Waals surface area contributed by atoms with Crippen LogP contribution in [0.25, 0.3) is 11.0 Å². The Hall–Kier alpha value is -1.38. The number of nitrogens with zero attached hydrogens (tertiary/aromatic N) is 2. The van der Waals surface area contributed by atoms with Crippen LogP contribution < -0.4 is 4.57 Å². The van der Waals surface area contributed by atoms with Crippen LogP contribution in [-0.4, -0.2) is 9.97 Å². The molecule has 2 heterocycles. The van der Waals surface area contributed by atoms with Crippen molar-refractivity contribution in [2.75, 3.05) is 0 Å². The van der Waals surface area contributed by atoms with Crippen molar-refractivity contribution in [3.63, 3.8) is 0 Å². The molecule has 0 saturated heterocycles. The monoisotopic (exact) mass is 148 g/mol. The lowest BCUT2D eigenvalue weighted by atomic mass is 10.4. The van der Waals surface area contributed by atoms with Crippen molar-refractivity contribution in [1.82, 2.24) is 9.97 Å². The van der Waals surface area contributed by atoms with E-state index in [2.05, 4.69) is 27.5 Å². The number of hydrogen-bond acceptors (Lipinski definition) is 1. The maximum Gasteiger partial charge on any atom is 0.286 e. The molecule has 0 saturated carbocycles. The Morgan fingerprint density at radius 3 is 3.36 bits per heavy atom. The van der Waals surface area contributed by atoms with Crippen molar-refractivity contribution in [3.05, 3.63) is 24.8 Å². The van der Waals surface area contributed by atoms with Gasteiger partial charge in [-0.05, 0) is 6.92 Å². The summed E-state index contributed by atoms with van der Waals surface area (Å²) in [6, 6.07) is 2.06.